The quantitative estimate of drug-likeness (QED) is 0.710. The Morgan fingerprint density at radius 2 is 1.96 bits per heavy atom. The Kier molecular flexibility index (Phi) is 4.05. The molecule has 0 spiro atoms. The minimum absolute atomic E-state index is 0.150. The average Bonchev–Trinajstić information content (AvgIpc) is 3.34. The van der Waals surface area contributed by atoms with Crippen molar-refractivity contribution in [3.8, 4) is 0 Å². The van der Waals surface area contributed by atoms with Gasteiger partial charge in [-0.2, -0.15) is 0 Å². The van der Waals surface area contributed by atoms with Crippen molar-refractivity contribution in [2.75, 3.05) is 0 Å². The highest BCUT2D eigenvalue weighted by Gasteiger charge is 2.21. The molecule has 8 nitrogen and oxygen atoms in total. The standard InChI is InChI=1S/C18H23N5O3/c1-11-14(12(2)26-20-11)9-23-17(24)15-16(21(3)18(23)25)19-10-22(15)8-13-6-4-5-7-13/h10,13H,4-9H2,1-3H3. The Bertz CT molecular complexity index is 1060. The van der Waals surface area contributed by atoms with Crippen molar-refractivity contribution in [1.82, 2.24) is 23.8 Å². The number of hydrogen-bond acceptors (Lipinski definition) is 5. The molecule has 0 aromatic carbocycles. The van der Waals surface area contributed by atoms with Crippen molar-refractivity contribution in [1.29, 1.82) is 0 Å². The summed E-state index contributed by atoms with van der Waals surface area (Å²) in [7, 11) is 1.65. The molecule has 26 heavy (non-hydrogen) atoms. The van der Waals surface area contributed by atoms with Crippen LogP contribution in [0.4, 0.5) is 0 Å². The molecule has 4 rings (SSSR count). The molecule has 3 aromatic rings. The van der Waals surface area contributed by atoms with Gasteiger partial charge in [0, 0.05) is 19.2 Å². The van der Waals surface area contributed by atoms with Gasteiger partial charge in [-0.1, -0.05) is 18.0 Å². The summed E-state index contributed by atoms with van der Waals surface area (Å²) < 4.78 is 9.78. The number of nitrogens with zero attached hydrogens (tertiary/aromatic N) is 5. The highest BCUT2D eigenvalue weighted by Crippen LogP contribution is 2.26. The van der Waals surface area contributed by atoms with Crippen LogP contribution in [0, 0.1) is 19.8 Å². The first-order chi connectivity index (χ1) is 12.5. The maximum atomic E-state index is 13.1. The maximum absolute atomic E-state index is 13.1. The molecule has 138 valence electrons. The van der Waals surface area contributed by atoms with Crippen molar-refractivity contribution in [3.63, 3.8) is 0 Å². The van der Waals surface area contributed by atoms with E-state index in [1.807, 2.05) is 11.5 Å². The van der Waals surface area contributed by atoms with E-state index in [4.69, 9.17) is 4.52 Å². The van der Waals surface area contributed by atoms with Gasteiger partial charge in [0.2, 0.25) is 0 Å². The minimum Gasteiger partial charge on any atom is -0.361 e. The van der Waals surface area contributed by atoms with Gasteiger partial charge in [0.15, 0.2) is 11.2 Å². The number of aromatic nitrogens is 5. The van der Waals surface area contributed by atoms with E-state index in [1.165, 1.54) is 34.8 Å². The summed E-state index contributed by atoms with van der Waals surface area (Å²) >= 11 is 0. The highest BCUT2D eigenvalue weighted by atomic mass is 16.5. The molecule has 1 aliphatic rings. The molecule has 8 heteroatoms. The number of fused-ring (bicyclic) bond motifs is 1. The zero-order chi connectivity index (χ0) is 18.4. The first-order valence-electron chi connectivity index (χ1n) is 9.03. The summed E-state index contributed by atoms with van der Waals surface area (Å²) in [6.45, 7) is 4.52. The first-order valence-corrected chi connectivity index (χ1v) is 9.03. The van der Waals surface area contributed by atoms with Gasteiger partial charge in [0.1, 0.15) is 5.76 Å². The number of rotatable bonds is 4. The van der Waals surface area contributed by atoms with E-state index >= 15 is 0 Å². The van der Waals surface area contributed by atoms with Crippen molar-refractivity contribution < 1.29 is 4.52 Å². The Hall–Kier alpha value is -2.64. The van der Waals surface area contributed by atoms with Crippen molar-refractivity contribution >= 4 is 11.2 Å². The average molecular weight is 357 g/mol. The molecular weight excluding hydrogens is 334 g/mol. The monoisotopic (exact) mass is 357 g/mol. The summed E-state index contributed by atoms with van der Waals surface area (Å²) in [5.41, 5.74) is 1.70. The molecule has 0 atom stereocenters. The number of hydrogen-bond donors (Lipinski definition) is 0. The summed E-state index contributed by atoms with van der Waals surface area (Å²) in [6, 6.07) is 0. The second-order valence-corrected chi connectivity index (χ2v) is 7.26. The predicted octanol–water partition coefficient (Wildman–Crippen LogP) is 1.74. The topological polar surface area (TPSA) is 87.8 Å². The van der Waals surface area contributed by atoms with Crippen LogP contribution in [0.2, 0.25) is 0 Å². The fourth-order valence-corrected chi connectivity index (χ4v) is 3.96. The Balaban J connectivity index is 1.85. The lowest BCUT2D eigenvalue weighted by atomic mass is 10.1. The van der Waals surface area contributed by atoms with Crippen LogP contribution in [0.15, 0.2) is 20.4 Å². The van der Waals surface area contributed by atoms with Gasteiger partial charge >= 0.3 is 5.69 Å². The van der Waals surface area contributed by atoms with Crippen LogP contribution in [0.25, 0.3) is 11.2 Å². The van der Waals surface area contributed by atoms with Gasteiger partial charge in [0.25, 0.3) is 5.56 Å². The highest BCUT2D eigenvalue weighted by molar-refractivity contribution is 5.70. The summed E-state index contributed by atoms with van der Waals surface area (Å²) in [4.78, 5) is 30.2. The van der Waals surface area contributed by atoms with E-state index in [0.717, 1.165) is 12.1 Å². The lowest BCUT2D eigenvalue weighted by Crippen LogP contribution is -2.40. The van der Waals surface area contributed by atoms with Crippen molar-refractivity contribution in [2.24, 2.45) is 13.0 Å². The molecular formula is C18H23N5O3. The van der Waals surface area contributed by atoms with Crippen LogP contribution in [-0.2, 0) is 20.1 Å². The summed E-state index contributed by atoms with van der Waals surface area (Å²) in [5.74, 6) is 1.19. The van der Waals surface area contributed by atoms with E-state index in [2.05, 4.69) is 10.1 Å². The molecule has 0 N–H and O–H groups in total. The minimum atomic E-state index is -0.381. The van der Waals surface area contributed by atoms with Crippen LogP contribution >= 0.6 is 0 Å². The van der Waals surface area contributed by atoms with Gasteiger partial charge in [-0.05, 0) is 32.6 Å². The fraction of sp³-hybridized carbons (Fsp3) is 0.556. The zero-order valence-electron chi connectivity index (χ0n) is 15.4. The predicted molar refractivity (Wildman–Crippen MR) is 96.3 cm³/mol. The van der Waals surface area contributed by atoms with E-state index in [1.54, 1.807) is 20.3 Å². The summed E-state index contributed by atoms with van der Waals surface area (Å²) in [6.07, 6.45) is 6.53. The van der Waals surface area contributed by atoms with Crippen LogP contribution < -0.4 is 11.2 Å². The number of aryl methyl sites for hydroxylation is 3. The fourth-order valence-electron chi connectivity index (χ4n) is 3.96. The largest absolute Gasteiger partial charge is 0.361 e. The molecule has 0 aliphatic heterocycles. The van der Waals surface area contributed by atoms with Gasteiger partial charge in [-0.25, -0.2) is 9.78 Å². The maximum Gasteiger partial charge on any atom is 0.332 e. The van der Waals surface area contributed by atoms with E-state index in [9.17, 15) is 9.59 Å². The van der Waals surface area contributed by atoms with Crippen LogP contribution in [0.3, 0.4) is 0 Å². The van der Waals surface area contributed by atoms with E-state index in [0.29, 0.717) is 28.5 Å². The van der Waals surface area contributed by atoms with Gasteiger partial charge in [0.05, 0.1) is 18.6 Å². The summed E-state index contributed by atoms with van der Waals surface area (Å²) in [5, 5.41) is 3.92. The molecule has 1 fully saturated rings. The molecule has 3 aromatic heterocycles. The third-order valence-electron chi connectivity index (χ3n) is 5.53. The molecule has 0 radical (unpaired) electrons. The molecule has 1 saturated carbocycles. The third-order valence-corrected chi connectivity index (χ3v) is 5.53. The SMILES string of the molecule is Cc1noc(C)c1Cn1c(=O)c2c(ncn2CC2CCCC2)n(C)c1=O. The molecule has 0 bridgehead atoms. The normalized spacial score (nSPS) is 15.3. The van der Waals surface area contributed by atoms with Crippen LogP contribution in [-0.4, -0.2) is 23.8 Å². The van der Waals surface area contributed by atoms with Gasteiger partial charge in [-0.15, -0.1) is 0 Å². The van der Waals surface area contributed by atoms with Crippen molar-refractivity contribution in [3.05, 3.63) is 44.2 Å². The Labute approximate surface area is 150 Å². The lowest BCUT2D eigenvalue weighted by molar-refractivity contribution is 0.392. The van der Waals surface area contributed by atoms with E-state index in [-0.39, 0.29) is 17.8 Å². The number of imidazole rings is 1. The molecule has 0 saturated heterocycles. The Morgan fingerprint density at radius 1 is 1.23 bits per heavy atom. The zero-order valence-corrected chi connectivity index (χ0v) is 15.4. The molecule has 0 unspecified atom stereocenters. The molecule has 3 heterocycles. The molecule has 1 aliphatic carbocycles. The van der Waals surface area contributed by atoms with Crippen LogP contribution in [0.5, 0.6) is 0 Å². The van der Waals surface area contributed by atoms with Gasteiger partial charge < -0.3 is 9.09 Å². The van der Waals surface area contributed by atoms with Crippen molar-refractivity contribution in [2.45, 2.75) is 52.6 Å². The third kappa shape index (κ3) is 2.60. The second kappa shape index (κ2) is 6.26. The molecule has 0 amide bonds. The van der Waals surface area contributed by atoms with Gasteiger partial charge in [-0.3, -0.25) is 13.9 Å². The first kappa shape index (κ1) is 16.8. The van der Waals surface area contributed by atoms with Crippen LogP contribution in [0.1, 0.15) is 42.7 Å². The second-order valence-electron chi connectivity index (χ2n) is 7.26. The van der Waals surface area contributed by atoms with E-state index < -0.39 is 0 Å². The lowest BCUT2D eigenvalue weighted by Gasteiger charge is -2.12. The Morgan fingerprint density at radius 3 is 2.62 bits per heavy atom. The smallest absolute Gasteiger partial charge is 0.332 e.